The van der Waals surface area contributed by atoms with Gasteiger partial charge < -0.3 is 15.7 Å². The lowest BCUT2D eigenvalue weighted by atomic mass is 10.0. The van der Waals surface area contributed by atoms with Crippen molar-refractivity contribution in [3.8, 4) is 0 Å². The van der Waals surface area contributed by atoms with Gasteiger partial charge in [0.1, 0.15) is 6.04 Å². The summed E-state index contributed by atoms with van der Waals surface area (Å²) < 4.78 is 0. The number of carbonyl (C=O) groups excluding carboxylic acids is 2. The number of aliphatic carboxylic acids is 1. The number of carbonyl (C=O) groups is 3. The second-order valence-electron chi connectivity index (χ2n) is 6.92. The van der Waals surface area contributed by atoms with Crippen LogP contribution in [-0.4, -0.2) is 28.9 Å². The minimum absolute atomic E-state index is 0.153. The van der Waals surface area contributed by atoms with Crippen molar-refractivity contribution >= 4 is 23.5 Å². The fraction of sp³-hybridized carbons (Fsp3) is 0.125. The summed E-state index contributed by atoms with van der Waals surface area (Å²) in [7, 11) is 0. The molecular weight excluding hydrogens is 380 g/mol. The molecule has 0 saturated carbocycles. The maximum atomic E-state index is 12.8. The van der Waals surface area contributed by atoms with Gasteiger partial charge in [-0.2, -0.15) is 0 Å². The molecule has 0 heterocycles. The third-order valence-corrected chi connectivity index (χ3v) is 4.62. The van der Waals surface area contributed by atoms with Gasteiger partial charge in [-0.25, -0.2) is 4.79 Å². The third-order valence-electron chi connectivity index (χ3n) is 4.62. The first-order chi connectivity index (χ1) is 14.4. The maximum Gasteiger partial charge on any atom is 0.326 e. The van der Waals surface area contributed by atoms with E-state index in [9.17, 15) is 19.5 Å². The number of nitrogens with one attached hydrogen (secondary N) is 2. The number of benzene rings is 3. The summed E-state index contributed by atoms with van der Waals surface area (Å²) in [6.07, 6.45) is 0.153. The molecule has 30 heavy (non-hydrogen) atoms. The summed E-state index contributed by atoms with van der Waals surface area (Å²) in [5.41, 5.74) is 2.79. The van der Waals surface area contributed by atoms with E-state index in [-0.39, 0.29) is 17.9 Å². The molecule has 0 aliphatic carbocycles. The Morgan fingerprint density at radius 3 is 2.13 bits per heavy atom. The molecule has 2 amide bonds. The highest BCUT2D eigenvalue weighted by Gasteiger charge is 2.23. The molecule has 6 nitrogen and oxygen atoms in total. The lowest BCUT2D eigenvalue weighted by molar-refractivity contribution is -0.139. The molecule has 0 spiro atoms. The van der Waals surface area contributed by atoms with Crippen molar-refractivity contribution in [2.24, 2.45) is 0 Å². The molecule has 3 aromatic rings. The second-order valence-corrected chi connectivity index (χ2v) is 6.92. The number of para-hydroxylation sites is 1. The van der Waals surface area contributed by atoms with Gasteiger partial charge in [0.15, 0.2) is 0 Å². The standard InChI is InChI=1S/C24H22N2O4/c1-16-11-13-18(14-12-16)22(27)25-20-10-6-5-9-19(20)23(28)26-21(24(29)30)15-17-7-3-2-4-8-17/h2-14,21H,15H2,1H3,(H,25,27)(H,26,28)(H,29,30)/t21-/m0/s1. The van der Waals surface area contributed by atoms with Crippen LogP contribution in [0.15, 0.2) is 78.9 Å². The first-order valence-corrected chi connectivity index (χ1v) is 9.48. The number of amides is 2. The van der Waals surface area contributed by atoms with Crippen LogP contribution < -0.4 is 10.6 Å². The predicted molar refractivity (Wildman–Crippen MR) is 115 cm³/mol. The maximum absolute atomic E-state index is 12.8. The Kier molecular flexibility index (Phi) is 6.60. The van der Waals surface area contributed by atoms with Crippen LogP contribution in [-0.2, 0) is 11.2 Å². The summed E-state index contributed by atoms with van der Waals surface area (Å²) >= 11 is 0. The minimum Gasteiger partial charge on any atom is -0.480 e. The molecular formula is C24H22N2O4. The fourth-order valence-corrected chi connectivity index (χ4v) is 2.98. The summed E-state index contributed by atoms with van der Waals surface area (Å²) in [6.45, 7) is 1.93. The Labute approximate surface area is 174 Å². The molecule has 0 aromatic heterocycles. The number of carboxylic acid groups (broad SMARTS) is 1. The molecule has 3 aromatic carbocycles. The van der Waals surface area contributed by atoms with Gasteiger partial charge in [0.2, 0.25) is 0 Å². The summed E-state index contributed by atoms with van der Waals surface area (Å²) in [6, 6.07) is 21.5. The normalized spacial score (nSPS) is 11.4. The van der Waals surface area contributed by atoms with Crippen molar-refractivity contribution in [1.82, 2.24) is 5.32 Å². The van der Waals surface area contributed by atoms with Crippen molar-refractivity contribution in [1.29, 1.82) is 0 Å². The molecule has 0 aliphatic heterocycles. The Morgan fingerprint density at radius 1 is 0.833 bits per heavy atom. The van der Waals surface area contributed by atoms with Crippen molar-refractivity contribution in [3.63, 3.8) is 0 Å². The minimum atomic E-state index is -1.13. The van der Waals surface area contributed by atoms with E-state index in [0.29, 0.717) is 11.3 Å². The number of hydrogen-bond donors (Lipinski definition) is 3. The highest BCUT2D eigenvalue weighted by atomic mass is 16.4. The first-order valence-electron chi connectivity index (χ1n) is 9.48. The summed E-state index contributed by atoms with van der Waals surface area (Å²) in [5, 5.41) is 14.8. The molecule has 0 fully saturated rings. The van der Waals surface area contributed by atoms with Gasteiger partial charge in [-0.05, 0) is 36.8 Å². The van der Waals surface area contributed by atoms with Crippen LogP contribution in [0.5, 0.6) is 0 Å². The monoisotopic (exact) mass is 402 g/mol. The average molecular weight is 402 g/mol. The molecule has 3 rings (SSSR count). The van der Waals surface area contributed by atoms with E-state index < -0.39 is 17.9 Å². The van der Waals surface area contributed by atoms with Gasteiger partial charge in [0.25, 0.3) is 11.8 Å². The molecule has 3 N–H and O–H groups in total. The Hall–Kier alpha value is -3.93. The predicted octanol–water partition coefficient (Wildman–Crippen LogP) is 3.67. The van der Waals surface area contributed by atoms with Gasteiger partial charge in [-0.15, -0.1) is 0 Å². The highest BCUT2D eigenvalue weighted by molar-refractivity contribution is 6.09. The van der Waals surface area contributed by atoms with Gasteiger partial charge in [0.05, 0.1) is 11.3 Å². The lowest BCUT2D eigenvalue weighted by Crippen LogP contribution is -2.42. The van der Waals surface area contributed by atoms with E-state index in [2.05, 4.69) is 10.6 Å². The topological polar surface area (TPSA) is 95.5 Å². The number of rotatable bonds is 7. The van der Waals surface area contributed by atoms with E-state index in [4.69, 9.17) is 0 Å². The Balaban J connectivity index is 1.76. The van der Waals surface area contributed by atoms with Gasteiger partial charge in [0, 0.05) is 12.0 Å². The average Bonchev–Trinajstić information content (AvgIpc) is 2.74. The Morgan fingerprint density at radius 2 is 1.47 bits per heavy atom. The van der Waals surface area contributed by atoms with Crippen LogP contribution in [0.25, 0.3) is 0 Å². The molecule has 0 aliphatic rings. The van der Waals surface area contributed by atoms with Gasteiger partial charge in [-0.1, -0.05) is 60.2 Å². The molecule has 6 heteroatoms. The van der Waals surface area contributed by atoms with Crippen LogP contribution in [0.1, 0.15) is 31.8 Å². The number of anilines is 1. The molecule has 0 saturated heterocycles. The van der Waals surface area contributed by atoms with E-state index >= 15 is 0 Å². The van der Waals surface area contributed by atoms with E-state index in [1.807, 2.05) is 37.3 Å². The first kappa shape index (κ1) is 20.8. The summed E-state index contributed by atoms with van der Waals surface area (Å²) in [4.78, 5) is 37.0. The number of hydrogen-bond acceptors (Lipinski definition) is 3. The quantitative estimate of drug-likeness (QED) is 0.562. The third kappa shape index (κ3) is 5.32. The van der Waals surface area contributed by atoms with Crippen LogP contribution in [0, 0.1) is 6.92 Å². The highest BCUT2D eigenvalue weighted by Crippen LogP contribution is 2.17. The molecule has 0 bridgehead atoms. The summed E-state index contributed by atoms with van der Waals surface area (Å²) in [5.74, 6) is -2.05. The van der Waals surface area contributed by atoms with Crippen molar-refractivity contribution in [2.45, 2.75) is 19.4 Å². The molecule has 1 atom stereocenters. The van der Waals surface area contributed by atoms with E-state index in [1.165, 1.54) is 0 Å². The van der Waals surface area contributed by atoms with Crippen LogP contribution in [0.2, 0.25) is 0 Å². The zero-order valence-corrected chi connectivity index (χ0v) is 16.5. The van der Waals surface area contributed by atoms with Crippen molar-refractivity contribution in [2.75, 3.05) is 5.32 Å². The number of carboxylic acids is 1. The van der Waals surface area contributed by atoms with Crippen molar-refractivity contribution in [3.05, 3.63) is 101 Å². The van der Waals surface area contributed by atoms with Gasteiger partial charge >= 0.3 is 5.97 Å². The molecule has 0 radical (unpaired) electrons. The number of aryl methyl sites for hydroxylation is 1. The van der Waals surface area contributed by atoms with Crippen molar-refractivity contribution < 1.29 is 19.5 Å². The van der Waals surface area contributed by atoms with Crippen LogP contribution in [0.4, 0.5) is 5.69 Å². The SMILES string of the molecule is Cc1ccc(C(=O)Nc2ccccc2C(=O)N[C@@H](Cc2ccccc2)C(=O)O)cc1. The molecule has 0 unspecified atom stereocenters. The van der Waals surface area contributed by atoms with E-state index in [1.54, 1.807) is 48.5 Å². The largest absolute Gasteiger partial charge is 0.480 e. The second kappa shape index (κ2) is 9.52. The van der Waals surface area contributed by atoms with Crippen LogP contribution >= 0.6 is 0 Å². The van der Waals surface area contributed by atoms with Gasteiger partial charge in [-0.3, -0.25) is 9.59 Å². The smallest absolute Gasteiger partial charge is 0.326 e. The Bertz CT molecular complexity index is 1050. The van der Waals surface area contributed by atoms with Crippen LogP contribution in [0.3, 0.4) is 0 Å². The van der Waals surface area contributed by atoms with E-state index in [0.717, 1.165) is 11.1 Å². The fourth-order valence-electron chi connectivity index (χ4n) is 2.98. The molecule has 152 valence electrons. The lowest BCUT2D eigenvalue weighted by Gasteiger charge is -2.16. The zero-order chi connectivity index (χ0) is 21.5. The zero-order valence-electron chi connectivity index (χ0n) is 16.5.